The molecule has 0 aromatic heterocycles. The van der Waals surface area contributed by atoms with Crippen molar-refractivity contribution in [2.75, 3.05) is 19.8 Å². The Morgan fingerprint density at radius 3 is 1.30 bits per heavy atom. The Labute approximate surface area is 342 Å². The SMILES string of the molecule is CC(=O)OC[C@H]1O[C@@H](O[C@@H]2[C@H]3OC(C)O[C@H]3O[C@H](CO[C@@H]3O[C@H](CO)[C@@H](OC(C)=O)[C@H](OC(C)=O)[C@H]3OC(C)=O)[C@H]2OC(C)=O)[C@H](OC(C)=O)[C@@H](OC(C)=O)[C@@H]1OC(C)=O. The zero-order chi connectivity index (χ0) is 44.6. The first-order valence-corrected chi connectivity index (χ1v) is 18.7. The molecule has 338 valence electrons. The Morgan fingerprint density at radius 1 is 0.433 bits per heavy atom. The highest BCUT2D eigenvalue weighted by atomic mass is 16.8. The number of aliphatic hydroxyl groups is 1. The Bertz CT molecular complexity index is 1580. The minimum Gasteiger partial charge on any atom is -0.463 e. The Hall–Kier alpha value is -4.56. The molecule has 4 fully saturated rings. The fourth-order valence-corrected chi connectivity index (χ4v) is 6.98. The van der Waals surface area contributed by atoms with Crippen LogP contribution in [-0.2, 0) is 109 Å². The van der Waals surface area contributed by atoms with Gasteiger partial charge in [-0.05, 0) is 6.92 Å². The highest BCUT2D eigenvalue weighted by Gasteiger charge is 2.59. The molecule has 4 aliphatic heterocycles. The van der Waals surface area contributed by atoms with Gasteiger partial charge in [0.1, 0.15) is 37.1 Å². The van der Waals surface area contributed by atoms with Crippen molar-refractivity contribution in [1.29, 1.82) is 0 Å². The van der Waals surface area contributed by atoms with Crippen LogP contribution in [0, 0.1) is 0 Å². The summed E-state index contributed by atoms with van der Waals surface area (Å²) in [5.74, 6) is -6.94. The Morgan fingerprint density at radius 2 is 0.833 bits per heavy atom. The van der Waals surface area contributed by atoms with E-state index >= 15 is 0 Å². The van der Waals surface area contributed by atoms with Gasteiger partial charge in [0.2, 0.25) is 0 Å². The molecule has 1 unspecified atom stereocenters. The molecule has 0 aromatic rings. The summed E-state index contributed by atoms with van der Waals surface area (Å²) < 4.78 is 85.8. The van der Waals surface area contributed by atoms with Crippen LogP contribution in [0.3, 0.4) is 0 Å². The molecule has 4 aliphatic rings. The van der Waals surface area contributed by atoms with Gasteiger partial charge in [0.05, 0.1) is 13.2 Å². The van der Waals surface area contributed by atoms with Gasteiger partial charge in [-0.25, -0.2) is 0 Å². The molecule has 4 saturated heterocycles. The smallest absolute Gasteiger partial charge is 0.303 e. The molecular formula is C36H50O24. The van der Waals surface area contributed by atoms with Crippen LogP contribution in [0.5, 0.6) is 0 Å². The van der Waals surface area contributed by atoms with Crippen molar-refractivity contribution in [3.63, 3.8) is 0 Å². The Kier molecular flexibility index (Phi) is 17.1. The van der Waals surface area contributed by atoms with E-state index in [-0.39, 0.29) is 0 Å². The number of carbonyl (C=O) groups is 8. The second-order valence-corrected chi connectivity index (χ2v) is 13.9. The summed E-state index contributed by atoms with van der Waals surface area (Å²) >= 11 is 0. The van der Waals surface area contributed by atoms with Gasteiger partial charge in [-0.3, -0.25) is 38.4 Å². The number of ether oxygens (including phenoxy) is 15. The first-order valence-electron chi connectivity index (χ1n) is 18.7. The molecule has 1 N–H and O–H groups in total. The molecule has 16 atom stereocenters. The summed E-state index contributed by atoms with van der Waals surface area (Å²) in [7, 11) is 0. The molecule has 24 nitrogen and oxygen atoms in total. The average Bonchev–Trinajstić information content (AvgIpc) is 3.50. The minimum absolute atomic E-state index is 0.579. The van der Waals surface area contributed by atoms with Gasteiger partial charge in [-0.2, -0.15) is 0 Å². The summed E-state index contributed by atoms with van der Waals surface area (Å²) in [5, 5.41) is 10.2. The number of carbonyl (C=O) groups excluding carboxylic acids is 8. The van der Waals surface area contributed by atoms with E-state index in [0.717, 1.165) is 55.4 Å². The summed E-state index contributed by atoms with van der Waals surface area (Å²) in [6.07, 6.45) is -23.6. The predicted octanol–water partition coefficient (Wildman–Crippen LogP) is -1.60. The van der Waals surface area contributed by atoms with Gasteiger partial charge in [-0.15, -0.1) is 0 Å². The molecule has 4 heterocycles. The lowest BCUT2D eigenvalue weighted by Crippen LogP contribution is -2.66. The molecular weight excluding hydrogens is 816 g/mol. The van der Waals surface area contributed by atoms with Crippen molar-refractivity contribution >= 4 is 47.8 Å². The van der Waals surface area contributed by atoms with Crippen molar-refractivity contribution in [3.8, 4) is 0 Å². The first kappa shape index (κ1) is 48.1. The summed E-state index contributed by atoms with van der Waals surface area (Å²) in [4.78, 5) is 98.3. The molecule has 0 saturated carbocycles. The largest absolute Gasteiger partial charge is 0.463 e. The van der Waals surface area contributed by atoms with Gasteiger partial charge in [0.25, 0.3) is 0 Å². The monoisotopic (exact) mass is 866 g/mol. The van der Waals surface area contributed by atoms with Crippen LogP contribution in [0.1, 0.15) is 62.3 Å². The van der Waals surface area contributed by atoms with Crippen molar-refractivity contribution in [1.82, 2.24) is 0 Å². The zero-order valence-corrected chi connectivity index (χ0v) is 34.2. The molecule has 0 amide bonds. The van der Waals surface area contributed by atoms with E-state index in [2.05, 4.69) is 0 Å². The third-order valence-electron chi connectivity index (χ3n) is 8.91. The lowest BCUT2D eigenvalue weighted by molar-refractivity contribution is -0.352. The van der Waals surface area contributed by atoms with E-state index < -0.39 is 166 Å². The van der Waals surface area contributed by atoms with Crippen LogP contribution in [-0.4, -0.2) is 171 Å². The summed E-state index contributed by atoms with van der Waals surface area (Å²) in [6.45, 7) is 7.94. The molecule has 0 aliphatic carbocycles. The van der Waals surface area contributed by atoms with Crippen molar-refractivity contribution in [3.05, 3.63) is 0 Å². The van der Waals surface area contributed by atoms with Crippen molar-refractivity contribution in [2.24, 2.45) is 0 Å². The lowest BCUT2D eigenvalue weighted by Gasteiger charge is -2.48. The van der Waals surface area contributed by atoms with Crippen LogP contribution in [0.2, 0.25) is 0 Å². The van der Waals surface area contributed by atoms with Crippen LogP contribution in [0.4, 0.5) is 0 Å². The number of hydrogen-bond acceptors (Lipinski definition) is 24. The zero-order valence-electron chi connectivity index (χ0n) is 34.2. The number of fused-ring (bicyclic) bond motifs is 1. The minimum atomic E-state index is -1.78. The molecule has 0 spiro atoms. The third-order valence-corrected chi connectivity index (χ3v) is 8.91. The normalized spacial score (nSPS) is 36.0. The maximum atomic E-state index is 12.7. The van der Waals surface area contributed by atoms with Gasteiger partial charge < -0.3 is 76.2 Å². The molecule has 24 heteroatoms. The van der Waals surface area contributed by atoms with Gasteiger partial charge in [-0.1, -0.05) is 0 Å². The number of esters is 8. The standard InChI is InChI=1S/C36H50O24/c1-13(38)46-11-23-26(49-15(3)40)29(52-18(6)43)32(54-20(8)45)36(59-23)60-30-27(50-16(4)41)24(58-35-33(30)55-21(9)56-35)12-47-34-31(53-19(7)44)28(51-17(5)42)25(48-14(2)39)22(10-37)57-34/h21-37H,10-12H2,1-9H3/t21?,22-,23-,24-,25-,26-,27-,28+,29+,30+,31-,32-,33-,34-,35+,36+/m1/s1. The topological polar surface area (TPSA) is 295 Å². The van der Waals surface area contributed by atoms with Crippen LogP contribution in [0.25, 0.3) is 0 Å². The highest BCUT2D eigenvalue weighted by molar-refractivity contribution is 5.70. The lowest BCUT2D eigenvalue weighted by atomic mass is 9.96. The quantitative estimate of drug-likeness (QED) is 0.143. The fourth-order valence-electron chi connectivity index (χ4n) is 6.98. The summed E-state index contributed by atoms with van der Waals surface area (Å²) in [5.41, 5.74) is 0. The number of hydrogen-bond donors (Lipinski definition) is 1. The highest BCUT2D eigenvalue weighted by Crippen LogP contribution is 2.39. The van der Waals surface area contributed by atoms with Gasteiger partial charge in [0, 0.05) is 55.4 Å². The number of aliphatic hydroxyl groups excluding tert-OH is 1. The molecule has 60 heavy (non-hydrogen) atoms. The summed E-state index contributed by atoms with van der Waals surface area (Å²) in [6, 6.07) is 0. The van der Waals surface area contributed by atoms with Crippen LogP contribution in [0.15, 0.2) is 0 Å². The van der Waals surface area contributed by atoms with E-state index in [1.54, 1.807) is 0 Å². The number of rotatable bonds is 15. The van der Waals surface area contributed by atoms with Crippen molar-refractivity contribution < 1.29 is 115 Å². The second kappa shape index (κ2) is 21.3. The first-order chi connectivity index (χ1) is 28.2. The second-order valence-electron chi connectivity index (χ2n) is 13.9. The predicted molar refractivity (Wildman–Crippen MR) is 185 cm³/mol. The van der Waals surface area contributed by atoms with E-state index in [1.807, 2.05) is 0 Å². The van der Waals surface area contributed by atoms with E-state index in [0.29, 0.717) is 0 Å². The van der Waals surface area contributed by atoms with Gasteiger partial charge >= 0.3 is 47.8 Å². The fraction of sp³-hybridized carbons (Fsp3) is 0.778. The Balaban J connectivity index is 1.74. The molecule has 0 bridgehead atoms. The third kappa shape index (κ3) is 12.7. The average molecular weight is 867 g/mol. The van der Waals surface area contributed by atoms with E-state index in [4.69, 9.17) is 71.1 Å². The van der Waals surface area contributed by atoms with Crippen LogP contribution < -0.4 is 0 Å². The maximum Gasteiger partial charge on any atom is 0.303 e. The molecule has 0 radical (unpaired) electrons. The van der Waals surface area contributed by atoms with E-state index in [1.165, 1.54) is 6.92 Å². The van der Waals surface area contributed by atoms with Gasteiger partial charge in [0.15, 0.2) is 67.9 Å². The van der Waals surface area contributed by atoms with E-state index in [9.17, 15) is 43.5 Å². The maximum absolute atomic E-state index is 12.7. The molecule has 0 aromatic carbocycles. The van der Waals surface area contributed by atoms with Crippen molar-refractivity contribution in [2.45, 2.75) is 161 Å². The molecule has 4 rings (SSSR count). The van der Waals surface area contributed by atoms with Crippen LogP contribution >= 0.6 is 0 Å².